The number of rotatable bonds is 2. The molecule has 4 aliphatic carbocycles. The number of hydrogen-bond acceptors (Lipinski definition) is 4. The third kappa shape index (κ3) is 2.30. The van der Waals surface area contributed by atoms with Gasteiger partial charge in [0.25, 0.3) is 0 Å². The molecule has 2 fully saturated rings. The van der Waals surface area contributed by atoms with Crippen molar-refractivity contribution < 1.29 is 24.2 Å². The van der Waals surface area contributed by atoms with Crippen LogP contribution in [0.4, 0.5) is 4.39 Å². The first kappa shape index (κ1) is 20.2. The van der Waals surface area contributed by atoms with Gasteiger partial charge in [0.05, 0.1) is 11.0 Å². The van der Waals surface area contributed by atoms with Crippen LogP contribution in [0.5, 0.6) is 0 Å². The summed E-state index contributed by atoms with van der Waals surface area (Å²) in [7, 11) is 0. The van der Waals surface area contributed by atoms with Crippen molar-refractivity contribution in [2.24, 2.45) is 34.5 Å². The van der Waals surface area contributed by atoms with E-state index in [0.29, 0.717) is 18.4 Å². The molecule has 154 valence electrons. The van der Waals surface area contributed by atoms with Gasteiger partial charge in [-0.25, -0.2) is 4.39 Å². The number of carbonyl (C=O) groups excluding carboxylic acids is 2. The molecular weight excluding hydrogens is 383 g/mol. The Bertz CT molecular complexity index is 806. The molecule has 28 heavy (non-hydrogen) atoms. The van der Waals surface area contributed by atoms with Gasteiger partial charge in [-0.2, -0.15) is 0 Å². The molecule has 2 N–H and O–H groups in total. The molecule has 0 heterocycles. The molecule has 0 amide bonds. The van der Waals surface area contributed by atoms with Crippen LogP contribution < -0.4 is 0 Å². The fourth-order valence-corrected chi connectivity index (χ4v) is 7.81. The van der Waals surface area contributed by atoms with E-state index in [1.54, 1.807) is 6.08 Å². The highest BCUT2D eigenvalue weighted by atomic mass is 35.5. The molecule has 4 aliphatic rings. The number of hydrogen-bond donors (Lipinski definition) is 2. The van der Waals surface area contributed by atoms with E-state index in [-0.39, 0.29) is 53.9 Å². The Morgan fingerprint density at radius 2 is 2.04 bits per heavy atom. The van der Waals surface area contributed by atoms with E-state index in [4.69, 9.17) is 11.6 Å². The van der Waals surface area contributed by atoms with Crippen molar-refractivity contribution in [2.45, 2.75) is 57.4 Å². The normalized spacial score (nSPS) is 50.2. The lowest BCUT2D eigenvalue weighted by atomic mass is 9.46. The lowest BCUT2D eigenvalue weighted by Crippen LogP contribution is -2.66. The maximum Gasteiger partial charge on any atom is 0.162 e. The molecule has 0 radical (unpaired) electrons. The van der Waals surface area contributed by atoms with Crippen LogP contribution >= 0.6 is 11.6 Å². The van der Waals surface area contributed by atoms with E-state index < -0.39 is 28.4 Å². The maximum absolute atomic E-state index is 15.3. The van der Waals surface area contributed by atoms with Gasteiger partial charge in [0.2, 0.25) is 0 Å². The van der Waals surface area contributed by atoms with E-state index in [9.17, 15) is 19.8 Å². The van der Waals surface area contributed by atoms with Gasteiger partial charge in [-0.3, -0.25) is 9.59 Å². The first-order valence-corrected chi connectivity index (χ1v) is 10.5. The number of aliphatic hydroxyl groups is 2. The zero-order chi connectivity index (χ0) is 20.6. The first-order valence-electron chi connectivity index (χ1n) is 10.1. The minimum absolute atomic E-state index is 0.00327. The second kappa shape index (κ2) is 6.23. The van der Waals surface area contributed by atoms with Gasteiger partial charge >= 0.3 is 0 Å². The van der Waals surface area contributed by atoms with E-state index in [1.807, 2.05) is 20.8 Å². The lowest BCUT2D eigenvalue weighted by Gasteiger charge is -2.62. The Morgan fingerprint density at radius 3 is 2.68 bits per heavy atom. The monoisotopic (exact) mass is 410 g/mol. The molecule has 0 bridgehead atoms. The quantitative estimate of drug-likeness (QED) is 0.684. The summed E-state index contributed by atoms with van der Waals surface area (Å²) in [5, 5.41) is 20.8. The summed E-state index contributed by atoms with van der Waals surface area (Å²) < 4.78 is 15.3. The predicted octanol–water partition coefficient (Wildman–Crippen LogP) is 3.35. The SMILES string of the molecule is CC1CC2C3CC(F)=C4CC(=O)C=CC4(C)C3(Cl)C(O)CC2(C)C1C(=O)CO. The van der Waals surface area contributed by atoms with Crippen molar-refractivity contribution in [3.8, 4) is 0 Å². The molecule has 8 atom stereocenters. The standard InChI is InChI=1S/C22H28ClFO4/c1-11-6-13-14-8-16(24)15-7-12(26)4-5-21(15,3)22(14,23)18(28)9-20(13,2)19(11)17(27)10-25/h4-5,11,13-14,18-19,25,28H,6-10H2,1-3H3. The summed E-state index contributed by atoms with van der Waals surface area (Å²) in [6.07, 6.45) is 3.29. The molecular formula is C22H28ClFO4. The minimum atomic E-state index is -1.13. The zero-order valence-corrected chi connectivity index (χ0v) is 17.3. The molecule has 0 aromatic carbocycles. The highest BCUT2D eigenvalue weighted by molar-refractivity contribution is 6.26. The summed E-state index contributed by atoms with van der Waals surface area (Å²) in [5.41, 5.74) is -1.09. The van der Waals surface area contributed by atoms with Crippen LogP contribution in [0.3, 0.4) is 0 Å². The summed E-state index contributed by atoms with van der Waals surface area (Å²) in [6.45, 7) is 5.28. The first-order chi connectivity index (χ1) is 13.0. The topological polar surface area (TPSA) is 74.6 Å². The Hall–Kier alpha value is -1.04. The molecule has 4 rings (SSSR count). The molecule has 0 saturated heterocycles. The summed E-state index contributed by atoms with van der Waals surface area (Å²) >= 11 is 7.24. The van der Waals surface area contributed by atoms with Crippen molar-refractivity contribution in [2.75, 3.05) is 6.61 Å². The number of Topliss-reactive ketones (excluding diaryl/α,β-unsaturated/α-hetero) is 1. The summed E-state index contributed by atoms with van der Waals surface area (Å²) in [5.74, 6) is -1.41. The molecule has 0 spiro atoms. The van der Waals surface area contributed by atoms with E-state index >= 15 is 4.39 Å². The zero-order valence-electron chi connectivity index (χ0n) is 16.5. The number of alkyl halides is 1. The second-order valence-electron chi connectivity index (χ2n) is 9.79. The fourth-order valence-electron chi connectivity index (χ4n) is 7.33. The fraction of sp³-hybridized carbons (Fsp3) is 0.727. The molecule has 0 aromatic rings. The van der Waals surface area contributed by atoms with Gasteiger partial charge in [-0.05, 0) is 47.7 Å². The van der Waals surface area contributed by atoms with Gasteiger partial charge in [0, 0.05) is 24.2 Å². The van der Waals surface area contributed by atoms with Crippen LogP contribution in [0.25, 0.3) is 0 Å². The van der Waals surface area contributed by atoms with Gasteiger partial charge < -0.3 is 10.2 Å². The summed E-state index contributed by atoms with van der Waals surface area (Å²) in [6, 6.07) is 0. The number of ketones is 2. The third-order valence-corrected chi connectivity index (χ3v) is 9.43. The highest BCUT2D eigenvalue weighted by Gasteiger charge is 2.71. The molecule has 0 aromatic heterocycles. The van der Waals surface area contributed by atoms with Crippen molar-refractivity contribution in [1.29, 1.82) is 0 Å². The van der Waals surface area contributed by atoms with Crippen LogP contribution in [0.1, 0.15) is 46.5 Å². The molecule has 6 heteroatoms. The largest absolute Gasteiger partial charge is 0.391 e. The molecule has 0 aliphatic heterocycles. The van der Waals surface area contributed by atoms with Crippen molar-refractivity contribution in [3.05, 3.63) is 23.6 Å². The maximum atomic E-state index is 15.3. The molecule has 4 nitrogen and oxygen atoms in total. The average molecular weight is 411 g/mol. The molecule has 8 unspecified atom stereocenters. The smallest absolute Gasteiger partial charge is 0.162 e. The van der Waals surface area contributed by atoms with Crippen LogP contribution in [-0.2, 0) is 9.59 Å². The third-order valence-electron chi connectivity index (χ3n) is 8.50. The number of carbonyl (C=O) groups is 2. The Morgan fingerprint density at radius 1 is 1.36 bits per heavy atom. The Kier molecular flexibility index (Phi) is 4.50. The van der Waals surface area contributed by atoms with Crippen LogP contribution in [-0.4, -0.2) is 39.4 Å². The van der Waals surface area contributed by atoms with Gasteiger partial charge in [0.15, 0.2) is 11.6 Å². The highest BCUT2D eigenvalue weighted by Crippen LogP contribution is 2.70. The van der Waals surface area contributed by atoms with E-state index in [0.717, 1.165) is 0 Å². The van der Waals surface area contributed by atoms with Gasteiger partial charge in [-0.15, -0.1) is 11.6 Å². The van der Waals surface area contributed by atoms with Crippen molar-refractivity contribution in [3.63, 3.8) is 0 Å². The van der Waals surface area contributed by atoms with Gasteiger partial charge in [-0.1, -0.05) is 26.8 Å². The van der Waals surface area contributed by atoms with Crippen molar-refractivity contribution >= 4 is 23.2 Å². The number of aliphatic hydroxyl groups excluding tert-OH is 2. The lowest BCUT2D eigenvalue weighted by molar-refractivity contribution is -0.138. The van der Waals surface area contributed by atoms with Crippen LogP contribution in [0.15, 0.2) is 23.6 Å². The average Bonchev–Trinajstić information content (AvgIpc) is 2.89. The van der Waals surface area contributed by atoms with Crippen LogP contribution in [0, 0.1) is 34.5 Å². The Labute approximate surface area is 169 Å². The predicted molar refractivity (Wildman–Crippen MR) is 103 cm³/mol. The van der Waals surface area contributed by atoms with E-state index in [2.05, 4.69) is 0 Å². The summed E-state index contributed by atoms with van der Waals surface area (Å²) in [4.78, 5) is 23.3. The van der Waals surface area contributed by atoms with Crippen molar-refractivity contribution in [1.82, 2.24) is 0 Å². The Balaban J connectivity index is 1.85. The molecule has 2 saturated carbocycles. The second-order valence-corrected chi connectivity index (χ2v) is 10.4. The van der Waals surface area contributed by atoms with Crippen LogP contribution in [0.2, 0.25) is 0 Å². The van der Waals surface area contributed by atoms with Gasteiger partial charge in [0.1, 0.15) is 12.4 Å². The number of halogens is 2. The number of fused-ring (bicyclic) bond motifs is 5. The minimum Gasteiger partial charge on any atom is -0.391 e. The number of allylic oxidation sites excluding steroid dienone is 4. The van der Waals surface area contributed by atoms with E-state index in [1.165, 1.54) is 6.08 Å².